The predicted octanol–water partition coefficient (Wildman–Crippen LogP) is 3.10. The van der Waals surface area contributed by atoms with Gasteiger partial charge in [0.15, 0.2) is 0 Å². The van der Waals surface area contributed by atoms with Crippen LogP contribution in [-0.2, 0) is 9.53 Å². The Kier molecular flexibility index (Phi) is 3.49. The minimum absolute atomic E-state index is 0.235. The van der Waals surface area contributed by atoms with Gasteiger partial charge in [0.2, 0.25) is 0 Å². The third-order valence-corrected chi connectivity index (χ3v) is 3.57. The summed E-state index contributed by atoms with van der Waals surface area (Å²) in [5.41, 5.74) is -0.377. The van der Waals surface area contributed by atoms with Crippen molar-refractivity contribution in [1.29, 1.82) is 0 Å². The number of carbonyl (C=O) groups is 1. The van der Waals surface area contributed by atoms with E-state index in [1.807, 2.05) is 0 Å². The number of halogens is 2. The Morgan fingerprint density at radius 3 is 3.00 bits per heavy atom. The fraction of sp³-hybridized carbons (Fsp3) is 0.417. The molecule has 1 aliphatic heterocycles. The molecule has 1 N–H and O–H groups in total. The molecular formula is C12H13BrFNO2. The van der Waals surface area contributed by atoms with Crippen molar-refractivity contribution >= 4 is 27.5 Å². The van der Waals surface area contributed by atoms with E-state index in [9.17, 15) is 9.18 Å². The van der Waals surface area contributed by atoms with Gasteiger partial charge in [0.25, 0.3) is 5.91 Å². The first kappa shape index (κ1) is 12.5. The molecule has 5 heteroatoms. The maximum atomic E-state index is 13.1. The van der Waals surface area contributed by atoms with Crippen LogP contribution in [0.4, 0.5) is 10.1 Å². The summed E-state index contributed by atoms with van der Waals surface area (Å²) < 4.78 is 19.1. The van der Waals surface area contributed by atoms with Gasteiger partial charge in [-0.05, 0) is 53.9 Å². The monoisotopic (exact) mass is 301 g/mol. The van der Waals surface area contributed by atoms with Crippen molar-refractivity contribution in [2.75, 3.05) is 11.9 Å². The first-order chi connectivity index (χ1) is 8.01. The summed E-state index contributed by atoms with van der Waals surface area (Å²) in [7, 11) is 0. The molecule has 0 aromatic heterocycles. The van der Waals surface area contributed by atoms with Crippen LogP contribution in [-0.4, -0.2) is 18.1 Å². The molecule has 1 atom stereocenters. The van der Waals surface area contributed by atoms with Gasteiger partial charge in [-0.1, -0.05) is 0 Å². The normalized spacial score (nSPS) is 23.7. The molecular weight excluding hydrogens is 289 g/mol. The highest BCUT2D eigenvalue weighted by molar-refractivity contribution is 9.10. The second kappa shape index (κ2) is 4.74. The summed E-state index contributed by atoms with van der Waals surface area (Å²) in [5, 5.41) is 2.68. The van der Waals surface area contributed by atoms with E-state index in [1.165, 1.54) is 12.1 Å². The second-order valence-corrected chi connectivity index (χ2v) is 5.12. The summed E-state index contributed by atoms with van der Waals surface area (Å²) in [6, 6.07) is 4.16. The predicted molar refractivity (Wildman–Crippen MR) is 66.3 cm³/mol. The lowest BCUT2D eigenvalue weighted by Gasteiger charge is -2.22. The fourth-order valence-corrected chi connectivity index (χ4v) is 2.15. The van der Waals surface area contributed by atoms with E-state index in [-0.39, 0.29) is 11.7 Å². The van der Waals surface area contributed by atoms with Crippen molar-refractivity contribution in [1.82, 2.24) is 0 Å². The van der Waals surface area contributed by atoms with E-state index in [0.29, 0.717) is 23.2 Å². The van der Waals surface area contributed by atoms with Crippen LogP contribution < -0.4 is 5.32 Å². The average Bonchev–Trinajstić information content (AvgIpc) is 2.72. The number of rotatable bonds is 2. The summed E-state index contributed by atoms with van der Waals surface area (Å²) in [6.45, 7) is 2.34. The van der Waals surface area contributed by atoms with Crippen LogP contribution in [0.1, 0.15) is 19.8 Å². The number of amides is 1. The quantitative estimate of drug-likeness (QED) is 0.911. The van der Waals surface area contributed by atoms with Gasteiger partial charge in [-0.2, -0.15) is 0 Å². The fourth-order valence-electron chi connectivity index (χ4n) is 1.81. The minimum Gasteiger partial charge on any atom is -0.365 e. The number of benzene rings is 1. The van der Waals surface area contributed by atoms with Crippen LogP contribution >= 0.6 is 15.9 Å². The molecule has 1 heterocycles. The van der Waals surface area contributed by atoms with Gasteiger partial charge in [-0.25, -0.2) is 4.39 Å². The van der Waals surface area contributed by atoms with Crippen molar-refractivity contribution in [3.05, 3.63) is 28.5 Å². The molecule has 1 amide bonds. The van der Waals surface area contributed by atoms with Crippen LogP contribution in [0.5, 0.6) is 0 Å². The third-order valence-electron chi connectivity index (χ3n) is 2.88. The second-order valence-electron chi connectivity index (χ2n) is 4.26. The van der Waals surface area contributed by atoms with Crippen molar-refractivity contribution in [3.8, 4) is 0 Å². The smallest absolute Gasteiger partial charge is 0.256 e. The van der Waals surface area contributed by atoms with Crippen molar-refractivity contribution in [3.63, 3.8) is 0 Å². The van der Waals surface area contributed by atoms with E-state index in [1.54, 1.807) is 13.0 Å². The molecule has 92 valence electrons. The Labute approximate surface area is 107 Å². The molecule has 1 fully saturated rings. The number of anilines is 1. The molecule has 1 aliphatic rings. The lowest BCUT2D eigenvalue weighted by molar-refractivity contribution is -0.133. The maximum Gasteiger partial charge on any atom is 0.256 e. The van der Waals surface area contributed by atoms with Crippen LogP contribution in [0.15, 0.2) is 22.7 Å². The molecule has 1 aromatic carbocycles. The van der Waals surface area contributed by atoms with Crippen molar-refractivity contribution < 1.29 is 13.9 Å². The molecule has 0 aliphatic carbocycles. The number of ether oxygens (including phenoxy) is 1. The summed E-state index contributed by atoms with van der Waals surface area (Å²) in [5.74, 6) is -0.623. The Bertz CT molecular complexity index is 444. The SMILES string of the molecule is CC1(C(=O)Nc2cc(F)ccc2Br)CCCO1. The maximum absolute atomic E-state index is 13.1. The molecule has 17 heavy (non-hydrogen) atoms. The van der Waals surface area contributed by atoms with Crippen LogP contribution in [0.2, 0.25) is 0 Å². The summed E-state index contributed by atoms with van der Waals surface area (Å²) in [6.07, 6.45) is 1.56. The molecule has 1 saturated heterocycles. The highest BCUT2D eigenvalue weighted by Gasteiger charge is 2.37. The standard InChI is InChI=1S/C12H13BrFNO2/c1-12(5-2-6-17-12)11(16)15-10-7-8(14)3-4-9(10)13/h3-4,7H,2,5-6H2,1H3,(H,15,16). The lowest BCUT2D eigenvalue weighted by atomic mass is 10.0. The van der Waals surface area contributed by atoms with Crippen LogP contribution in [0, 0.1) is 5.82 Å². The molecule has 1 unspecified atom stereocenters. The average molecular weight is 302 g/mol. The number of hydrogen-bond acceptors (Lipinski definition) is 2. The van der Waals surface area contributed by atoms with Crippen LogP contribution in [0.3, 0.4) is 0 Å². The highest BCUT2D eigenvalue weighted by atomic mass is 79.9. The first-order valence-electron chi connectivity index (χ1n) is 5.42. The molecule has 1 aromatic rings. The van der Waals surface area contributed by atoms with E-state index in [0.717, 1.165) is 6.42 Å². The topological polar surface area (TPSA) is 38.3 Å². The molecule has 0 radical (unpaired) electrons. The molecule has 0 spiro atoms. The Balaban J connectivity index is 2.15. The third kappa shape index (κ3) is 2.66. The van der Waals surface area contributed by atoms with Crippen molar-refractivity contribution in [2.45, 2.75) is 25.4 Å². The Morgan fingerprint density at radius 2 is 2.35 bits per heavy atom. The van der Waals surface area contributed by atoms with Gasteiger partial charge in [0.05, 0.1) is 5.69 Å². The lowest BCUT2D eigenvalue weighted by Crippen LogP contribution is -2.39. The largest absolute Gasteiger partial charge is 0.365 e. The van der Waals surface area contributed by atoms with Gasteiger partial charge >= 0.3 is 0 Å². The van der Waals surface area contributed by atoms with Gasteiger partial charge < -0.3 is 10.1 Å². The molecule has 3 nitrogen and oxygen atoms in total. The Hall–Kier alpha value is -0.940. The van der Waals surface area contributed by atoms with E-state index >= 15 is 0 Å². The number of carbonyl (C=O) groups excluding carboxylic acids is 1. The molecule has 0 bridgehead atoms. The van der Waals surface area contributed by atoms with Crippen LogP contribution in [0.25, 0.3) is 0 Å². The highest BCUT2D eigenvalue weighted by Crippen LogP contribution is 2.29. The molecule has 0 saturated carbocycles. The minimum atomic E-state index is -0.800. The van der Waals surface area contributed by atoms with E-state index in [4.69, 9.17) is 4.74 Å². The van der Waals surface area contributed by atoms with E-state index < -0.39 is 5.60 Å². The zero-order valence-corrected chi connectivity index (χ0v) is 11.0. The van der Waals surface area contributed by atoms with Gasteiger partial charge in [0, 0.05) is 11.1 Å². The summed E-state index contributed by atoms with van der Waals surface area (Å²) in [4.78, 5) is 12.0. The van der Waals surface area contributed by atoms with Gasteiger partial charge in [-0.15, -0.1) is 0 Å². The van der Waals surface area contributed by atoms with Gasteiger partial charge in [0.1, 0.15) is 11.4 Å². The Morgan fingerprint density at radius 1 is 1.59 bits per heavy atom. The number of hydrogen-bond donors (Lipinski definition) is 1. The summed E-state index contributed by atoms with van der Waals surface area (Å²) >= 11 is 3.26. The van der Waals surface area contributed by atoms with Gasteiger partial charge in [-0.3, -0.25) is 4.79 Å². The van der Waals surface area contributed by atoms with E-state index in [2.05, 4.69) is 21.2 Å². The first-order valence-corrected chi connectivity index (χ1v) is 6.21. The number of nitrogens with one attached hydrogen (secondary N) is 1. The molecule has 2 rings (SSSR count). The zero-order chi connectivity index (χ0) is 12.5. The van der Waals surface area contributed by atoms with Crippen molar-refractivity contribution in [2.24, 2.45) is 0 Å². The zero-order valence-electron chi connectivity index (χ0n) is 9.43.